The van der Waals surface area contributed by atoms with Crippen molar-refractivity contribution in [2.45, 2.75) is 4.90 Å². The minimum Gasteiger partial charge on any atom is -0.399 e. The molecule has 0 saturated heterocycles. The van der Waals surface area contributed by atoms with E-state index in [2.05, 4.69) is 5.32 Å². The van der Waals surface area contributed by atoms with Crippen molar-refractivity contribution < 1.29 is 9.00 Å². The Bertz CT molecular complexity index is 647. The first kappa shape index (κ1) is 14.6. The first-order chi connectivity index (χ1) is 9.56. The molecule has 104 valence electrons. The zero-order valence-corrected chi connectivity index (χ0v) is 12.1. The Labute approximate surface area is 124 Å². The van der Waals surface area contributed by atoms with E-state index >= 15 is 0 Å². The molecule has 2 aromatic rings. The van der Waals surface area contributed by atoms with E-state index in [1.165, 1.54) is 6.07 Å². The molecule has 0 radical (unpaired) electrons. The Morgan fingerprint density at radius 2 is 1.90 bits per heavy atom. The van der Waals surface area contributed by atoms with Gasteiger partial charge in [-0.05, 0) is 30.3 Å². The summed E-state index contributed by atoms with van der Waals surface area (Å²) in [6.45, 7) is 0. The lowest BCUT2D eigenvalue weighted by Gasteiger charge is -2.07. The van der Waals surface area contributed by atoms with E-state index < -0.39 is 10.8 Å². The summed E-state index contributed by atoms with van der Waals surface area (Å²) < 4.78 is 12.1. The molecular weight excluding hydrogens is 296 g/mol. The fourth-order valence-corrected chi connectivity index (χ4v) is 3.03. The Balaban J connectivity index is 2.02. The van der Waals surface area contributed by atoms with Gasteiger partial charge in [-0.25, -0.2) is 0 Å². The van der Waals surface area contributed by atoms with Crippen LogP contribution in [-0.2, 0) is 15.6 Å². The highest BCUT2D eigenvalue weighted by Crippen LogP contribution is 2.22. The summed E-state index contributed by atoms with van der Waals surface area (Å²) >= 11 is 5.96. The van der Waals surface area contributed by atoms with E-state index in [-0.39, 0.29) is 11.7 Å². The number of amides is 1. The molecule has 0 fully saturated rings. The fourth-order valence-electron chi connectivity index (χ4n) is 1.62. The maximum atomic E-state index is 12.1. The predicted octanol–water partition coefficient (Wildman–Crippen LogP) is 2.67. The van der Waals surface area contributed by atoms with E-state index in [0.29, 0.717) is 21.3 Å². The van der Waals surface area contributed by atoms with Crippen LogP contribution in [0.15, 0.2) is 53.4 Å². The summed E-state index contributed by atoms with van der Waals surface area (Å²) in [5.41, 5.74) is 6.72. The number of anilines is 2. The molecule has 0 aliphatic carbocycles. The molecule has 0 bridgehead atoms. The summed E-state index contributed by atoms with van der Waals surface area (Å²) in [5, 5.41) is 2.98. The summed E-state index contributed by atoms with van der Waals surface area (Å²) in [4.78, 5) is 12.2. The first-order valence-electron chi connectivity index (χ1n) is 5.84. The molecule has 0 aliphatic rings. The molecule has 1 unspecified atom stereocenters. The van der Waals surface area contributed by atoms with E-state index in [0.717, 1.165) is 0 Å². The van der Waals surface area contributed by atoms with Gasteiger partial charge in [-0.3, -0.25) is 9.00 Å². The molecule has 4 nitrogen and oxygen atoms in total. The minimum absolute atomic E-state index is 0.154. The van der Waals surface area contributed by atoms with Gasteiger partial charge in [0, 0.05) is 11.4 Å². The lowest BCUT2D eigenvalue weighted by atomic mass is 10.3. The van der Waals surface area contributed by atoms with Gasteiger partial charge in [0.15, 0.2) is 0 Å². The monoisotopic (exact) mass is 308 g/mol. The number of nitrogens with one attached hydrogen (secondary N) is 1. The summed E-state index contributed by atoms with van der Waals surface area (Å²) in [6.07, 6.45) is 0. The van der Waals surface area contributed by atoms with Gasteiger partial charge in [0.25, 0.3) is 0 Å². The third kappa shape index (κ3) is 3.82. The lowest BCUT2D eigenvalue weighted by Crippen LogP contribution is -2.19. The summed E-state index contributed by atoms with van der Waals surface area (Å²) in [7, 11) is -1.51. The molecule has 20 heavy (non-hydrogen) atoms. The molecule has 1 amide bonds. The second-order valence-electron chi connectivity index (χ2n) is 4.09. The highest BCUT2D eigenvalue weighted by atomic mass is 35.5. The molecule has 0 heterocycles. The van der Waals surface area contributed by atoms with E-state index in [4.69, 9.17) is 17.3 Å². The van der Waals surface area contributed by atoms with Crippen molar-refractivity contribution in [3.05, 3.63) is 53.6 Å². The Morgan fingerprint density at radius 1 is 1.20 bits per heavy atom. The van der Waals surface area contributed by atoms with Crippen molar-refractivity contribution in [3.8, 4) is 0 Å². The van der Waals surface area contributed by atoms with Gasteiger partial charge in [0.1, 0.15) is 5.75 Å². The Hall–Kier alpha value is -1.85. The number of nitrogens with two attached hydrogens (primary N) is 1. The Kier molecular flexibility index (Phi) is 4.76. The number of nitrogen functional groups attached to an aromatic ring is 1. The van der Waals surface area contributed by atoms with Crippen molar-refractivity contribution in [1.29, 1.82) is 0 Å². The third-order valence-corrected chi connectivity index (χ3v) is 4.32. The van der Waals surface area contributed by atoms with Gasteiger partial charge < -0.3 is 11.1 Å². The summed E-state index contributed by atoms with van der Waals surface area (Å²) in [5.74, 6) is -0.485. The number of halogens is 1. The number of para-hydroxylation sites is 1. The van der Waals surface area contributed by atoms with E-state index in [1.54, 1.807) is 24.3 Å². The van der Waals surface area contributed by atoms with Crippen LogP contribution in [0.4, 0.5) is 11.4 Å². The van der Waals surface area contributed by atoms with Crippen molar-refractivity contribution in [1.82, 2.24) is 0 Å². The van der Waals surface area contributed by atoms with Crippen LogP contribution in [0.25, 0.3) is 0 Å². The smallest absolute Gasteiger partial charge is 0.237 e. The molecule has 1 atom stereocenters. The average molecular weight is 309 g/mol. The van der Waals surface area contributed by atoms with Gasteiger partial charge in [0.2, 0.25) is 5.91 Å². The molecular formula is C14H13ClN2O2S. The maximum Gasteiger partial charge on any atom is 0.237 e. The van der Waals surface area contributed by atoms with Gasteiger partial charge in [0.05, 0.1) is 20.7 Å². The maximum absolute atomic E-state index is 12.1. The van der Waals surface area contributed by atoms with Crippen LogP contribution < -0.4 is 11.1 Å². The van der Waals surface area contributed by atoms with Crippen molar-refractivity contribution in [2.75, 3.05) is 16.8 Å². The van der Waals surface area contributed by atoms with Crippen LogP contribution in [0.1, 0.15) is 0 Å². The molecule has 0 aromatic heterocycles. The second kappa shape index (κ2) is 6.54. The fraction of sp³-hybridized carbons (Fsp3) is 0.0714. The number of carbonyl (C=O) groups is 1. The topological polar surface area (TPSA) is 72.2 Å². The second-order valence-corrected chi connectivity index (χ2v) is 5.92. The quantitative estimate of drug-likeness (QED) is 0.853. The number of rotatable bonds is 4. The zero-order chi connectivity index (χ0) is 14.5. The number of hydrogen-bond donors (Lipinski definition) is 2. The van der Waals surface area contributed by atoms with Gasteiger partial charge in [-0.15, -0.1) is 0 Å². The van der Waals surface area contributed by atoms with Gasteiger partial charge in [-0.2, -0.15) is 0 Å². The number of benzene rings is 2. The van der Waals surface area contributed by atoms with Crippen molar-refractivity contribution in [2.24, 2.45) is 0 Å². The number of hydrogen-bond acceptors (Lipinski definition) is 3. The molecule has 2 aromatic carbocycles. The number of carbonyl (C=O) groups excluding carboxylic acids is 1. The van der Waals surface area contributed by atoms with Crippen molar-refractivity contribution in [3.63, 3.8) is 0 Å². The van der Waals surface area contributed by atoms with E-state index in [9.17, 15) is 9.00 Å². The Morgan fingerprint density at radius 3 is 2.55 bits per heavy atom. The molecule has 0 spiro atoms. The van der Waals surface area contributed by atoms with Crippen LogP contribution in [0.5, 0.6) is 0 Å². The van der Waals surface area contributed by atoms with Crippen molar-refractivity contribution >= 4 is 39.7 Å². The zero-order valence-electron chi connectivity index (χ0n) is 10.5. The van der Waals surface area contributed by atoms with Crippen LogP contribution in [0.2, 0.25) is 5.02 Å². The van der Waals surface area contributed by atoms with Crippen LogP contribution in [-0.4, -0.2) is 15.9 Å². The van der Waals surface area contributed by atoms with Gasteiger partial charge >= 0.3 is 0 Å². The first-order valence-corrected chi connectivity index (χ1v) is 7.54. The lowest BCUT2D eigenvalue weighted by molar-refractivity contribution is -0.113. The average Bonchev–Trinajstić information content (AvgIpc) is 2.39. The largest absolute Gasteiger partial charge is 0.399 e. The van der Waals surface area contributed by atoms with Gasteiger partial charge in [-0.1, -0.05) is 29.8 Å². The molecule has 0 aliphatic heterocycles. The highest BCUT2D eigenvalue weighted by Gasteiger charge is 2.13. The molecule has 6 heteroatoms. The molecule has 0 saturated carbocycles. The minimum atomic E-state index is -1.51. The predicted molar refractivity (Wildman–Crippen MR) is 82.2 cm³/mol. The van der Waals surface area contributed by atoms with Crippen LogP contribution in [0, 0.1) is 0 Å². The standard InChI is InChI=1S/C14H13ClN2O2S/c15-12-8-10(16)6-7-13(12)20(19)9-14(18)17-11-4-2-1-3-5-11/h1-8H,9,16H2,(H,17,18). The van der Waals surface area contributed by atoms with Crippen LogP contribution >= 0.6 is 11.6 Å². The third-order valence-electron chi connectivity index (χ3n) is 2.52. The summed E-state index contributed by atoms with van der Waals surface area (Å²) in [6, 6.07) is 13.7. The van der Waals surface area contributed by atoms with Crippen LogP contribution in [0.3, 0.4) is 0 Å². The molecule has 3 N–H and O–H groups in total. The molecule has 2 rings (SSSR count). The SMILES string of the molecule is Nc1ccc(S(=O)CC(=O)Nc2ccccc2)c(Cl)c1. The van der Waals surface area contributed by atoms with E-state index in [1.807, 2.05) is 18.2 Å². The normalized spacial score (nSPS) is 11.8. The highest BCUT2D eigenvalue weighted by molar-refractivity contribution is 7.86.